The van der Waals surface area contributed by atoms with E-state index in [0.29, 0.717) is 22.4 Å². The number of aryl methyl sites for hydroxylation is 3. The van der Waals surface area contributed by atoms with E-state index in [-0.39, 0.29) is 17.6 Å². The number of hydrogen-bond donors (Lipinski definition) is 1. The van der Waals surface area contributed by atoms with Crippen LogP contribution in [0.3, 0.4) is 0 Å². The number of aromatic nitrogens is 3. The summed E-state index contributed by atoms with van der Waals surface area (Å²) >= 11 is 1.35. The van der Waals surface area contributed by atoms with Gasteiger partial charge in [-0.2, -0.15) is 0 Å². The lowest BCUT2D eigenvalue weighted by atomic mass is 9.94. The van der Waals surface area contributed by atoms with Gasteiger partial charge >= 0.3 is 0 Å². The predicted octanol–water partition coefficient (Wildman–Crippen LogP) is 5.33. The number of nitrogens with one attached hydrogen (secondary N) is 1. The maximum absolute atomic E-state index is 12.9. The van der Waals surface area contributed by atoms with E-state index < -0.39 is 0 Å². The van der Waals surface area contributed by atoms with Crippen LogP contribution in [-0.4, -0.2) is 50.3 Å². The molecule has 0 bridgehead atoms. The number of benzene rings is 2. The highest BCUT2D eigenvalue weighted by Crippen LogP contribution is 2.26. The first-order valence-corrected chi connectivity index (χ1v) is 13.1. The number of hydrogen-bond acceptors (Lipinski definition) is 5. The Morgan fingerprint density at radius 1 is 1.03 bits per heavy atom. The van der Waals surface area contributed by atoms with Gasteiger partial charge in [0.25, 0.3) is 5.91 Å². The van der Waals surface area contributed by atoms with E-state index in [0.717, 1.165) is 35.5 Å². The standard InChI is InChI=1S/C27H33N5O2S/c1-18-10-11-19(2)24(16-18)32-20(3)29-30-27(32)35-17-25(33)28-22-14-12-21(13-15-22)26(34)31(4)23-8-6-5-7-9-23/h10-16,23H,5-9,17H2,1-4H3,(H,28,33). The van der Waals surface area contributed by atoms with Crippen LogP contribution in [0.2, 0.25) is 0 Å². The van der Waals surface area contributed by atoms with Crippen LogP contribution in [0.4, 0.5) is 5.69 Å². The van der Waals surface area contributed by atoms with Gasteiger partial charge in [-0.1, -0.05) is 43.2 Å². The summed E-state index contributed by atoms with van der Waals surface area (Å²) in [6, 6.07) is 13.7. The lowest BCUT2D eigenvalue weighted by molar-refractivity contribution is -0.113. The summed E-state index contributed by atoms with van der Waals surface area (Å²) in [7, 11) is 1.89. The Labute approximate surface area is 211 Å². The van der Waals surface area contributed by atoms with Crippen LogP contribution in [0.25, 0.3) is 5.69 Å². The van der Waals surface area contributed by atoms with Gasteiger partial charge in [-0.3, -0.25) is 14.2 Å². The largest absolute Gasteiger partial charge is 0.339 e. The molecule has 35 heavy (non-hydrogen) atoms. The SMILES string of the molecule is Cc1ccc(C)c(-n2c(C)nnc2SCC(=O)Nc2ccc(C(=O)N(C)C3CCCCC3)cc2)c1. The molecular formula is C27H33N5O2S. The molecule has 1 aliphatic carbocycles. The molecule has 0 saturated heterocycles. The zero-order valence-electron chi connectivity index (χ0n) is 20.9. The number of thioether (sulfide) groups is 1. The summed E-state index contributed by atoms with van der Waals surface area (Å²) in [6.45, 7) is 6.01. The Hall–Kier alpha value is -3.13. The third-order valence-electron chi connectivity index (χ3n) is 6.59. The van der Waals surface area contributed by atoms with Crippen molar-refractivity contribution in [3.63, 3.8) is 0 Å². The van der Waals surface area contributed by atoms with Crippen molar-refractivity contribution in [2.45, 2.75) is 64.1 Å². The van der Waals surface area contributed by atoms with E-state index >= 15 is 0 Å². The van der Waals surface area contributed by atoms with Crippen LogP contribution in [0.5, 0.6) is 0 Å². The Bertz CT molecular complexity index is 1200. The first-order chi connectivity index (χ1) is 16.8. The van der Waals surface area contributed by atoms with Crippen LogP contribution in [0.15, 0.2) is 47.6 Å². The van der Waals surface area contributed by atoms with E-state index in [1.54, 1.807) is 24.3 Å². The fourth-order valence-corrected chi connectivity index (χ4v) is 5.33. The molecule has 0 atom stereocenters. The zero-order valence-corrected chi connectivity index (χ0v) is 21.7. The first-order valence-electron chi connectivity index (χ1n) is 12.1. The molecule has 8 heteroatoms. The Kier molecular flexibility index (Phi) is 7.90. The number of anilines is 1. The molecule has 0 radical (unpaired) electrons. The van der Waals surface area contributed by atoms with Crippen molar-refractivity contribution in [1.29, 1.82) is 0 Å². The molecule has 184 valence electrons. The molecule has 3 aromatic rings. The second kappa shape index (κ2) is 11.1. The van der Waals surface area contributed by atoms with Gasteiger partial charge in [0.2, 0.25) is 5.91 Å². The van der Waals surface area contributed by atoms with Crippen molar-refractivity contribution >= 4 is 29.3 Å². The maximum Gasteiger partial charge on any atom is 0.253 e. The molecule has 7 nitrogen and oxygen atoms in total. The van der Waals surface area contributed by atoms with Gasteiger partial charge in [0.15, 0.2) is 5.16 Å². The molecule has 0 aliphatic heterocycles. The normalized spacial score (nSPS) is 14.1. The number of carbonyl (C=O) groups is 2. The second-order valence-electron chi connectivity index (χ2n) is 9.28. The molecule has 2 aromatic carbocycles. The van der Waals surface area contributed by atoms with E-state index in [4.69, 9.17) is 0 Å². The van der Waals surface area contributed by atoms with Gasteiger partial charge < -0.3 is 10.2 Å². The Morgan fingerprint density at radius 3 is 2.46 bits per heavy atom. The van der Waals surface area contributed by atoms with Gasteiger partial charge in [0.1, 0.15) is 5.82 Å². The molecule has 1 aromatic heterocycles. The molecule has 4 rings (SSSR count). The highest BCUT2D eigenvalue weighted by atomic mass is 32.2. The van der Waals surface area contributed by atoms with Gasteiger partial charge in [0.05, 0.1) is 11.4 Å². The van der Waals surface area contributed by atoms with Crippen molar-refractivity contribution in [1.82, 2.24) is 19.7 Å². The van der Waals surface area contributed by atoms with Gasteiger partial charge in [-0.25, -0.2) is 0 Å². The van der Waals surface area contributed by atoms with E-state index in [9.17, 15) is 9.59 Å². The third kappa shape index (κ3) is 5.93. The van der Waals surface area contributed by atoms with Gasteiger partial charge in [-0.05, 0) is 75.1 Å². The molecule has 1 aliphatic rings. The van der Waals surface area contributed by atoms with Crippen LogP contribution in [0, 0.1) is 20.8 Å². The van der Waals surface area contributed by atoms with Crippen molar-refractivity contribution < 1.29 is 9.59 Å². The summed E-state index contributed by atoms with van der Waals surface area (Å²) in [5.41, 5.74) is 4.60. The van der Waals surface area contributed by atoms with Crippen molar-refractivity contribution in [2.75, 3.05) is 18.1 Å². The highest BCUT2D eigenvalue weighted by molar-refractivity contribution is 7.99. The number of nitrogens with zero attached hydrogens (tertiary/aromatic N) is 4. The monoisotopic (exact) mass is 491 g/mol. The minimum Gasteiger partial charge on any atom is -0.339 e. The smallest absolute Gasteiger partial charge is 0.253 e. The molecule has 2 amide bonds. The van der Waals surface area contributed by atoms with E-state index in [1.807, 2.05) is 23.4 Å². The molecule has 1 fully saturated rings. The molecule has 1 heterocycles. The van der Waals surface area contributed by atoms with Gasteiger partial charge in [-0.15, -0.1) is 10.2 Å². The fraction of sp³-hybridized carbons (Fsp3) is 0.407. The molecule has 0 spiro atoms. The predicted molar refractivity (Wildman–Crippen MR) is 140 cm³/mol. The topological polar surface area (TPSA) is 80.1 Å². The summed E-state index contributed by atoms with van der Waals surface area (Å²) < 4.78 is 1.99. The average molecular weight is 492 g/mol. The highest BCUT2D eigenvalue weighted by Gasteiger charge is 2.23. The maximum atomic E-state index is 12.9. The van der Waals surface area contributed by atoms with Crippen molar-refractivity contribution in [3.8, 4) is 5.69 Å². The minimum atomic E-state index is -0.137. The first kappa shape index (κ1) is 25.0. The van der Waals surface area contributed by atoms with Crippen LogP contribution in [-0.2, 0) is 4.79 Å². The van der Waals surface area contributed by atoms with E-state index in [2.05, 4.69) is 47.6 Å². The lowest BCUT2D eigenvalue weighted by Crippen LogP contribution is -2.38. The summed E-state index contributed by atoms with van der Waals surface area (Å²) in [5, 5.41) is 12.1. The Morgan fingerprint density at radius 2 is 1.74 bits per heavy atom. The minimum absolute atomic E-state index is 0.0338. The molecular weight excluding hydrogens is 458 g/mol. The number of carbonyl (C=O) groups excluding carboxylic acids is 2. The molecule has 1 N–H and O–H groups in total. The van der Waals surface area contributed by atoms with Crippen molar-refractivity contribution in [3.05, 3.63) is 65.0 Å². The number of rotatable bonds is 7. The quantitative estimate of drug-likeness (QED) is 0.452. The summed E-state index contributed by atoms with van der Waals surface area (Å²) in [5.74, 6) is 0.877. The summed E-state index contributed by atoms with van der Waals surface area (Å²) in [4.78, 5) is 27.4. The zero-order chi connectivity index (χ0) is 24.9. The van der Waals surface area contributed by atoms with Crippen molar-refractivity contribution in [2.24, 2.45) is 0 Å². The fourth-order valence-electron chi connectivity index (χ4n) is 4.54. The van der Waals surface area contributed by atoms with Crippen LogP contribution in [0.1, 0.15) is 59.4 Å². The van der Waals surface area contributed by atoms with E-state index in [1.165, 1.54) is 31.0 Å². The average Bonchev–Trinajstić information content (AvgIpc) is 3.24. The molecule has 1 saturated carbocycles. The Balaban J connectivity index is 1.36. The second-order valence-corrected chi connectivity index (χ2v) is 10.2. The third-order valence-corrected chi connectivity index (χ3v) is 7.52. The van der Waals surface area contributed by atoms with Crippen LogP contribution >= 0.6 is 11.8 Å². The summed E-state index contributed by atoms with van der Waals surface area (Å²) in [6.07, 6.45) is 5.78. The van der Waals surface area contributed by atoms with Crippen LogP contribution < -0.4 is 5.32 Å². The molecule has 0 unspecified atom stereocenters. The lowest BCUT2D eigenvalue weighted by Gasteiger charge is -2.31. The number of amides is 2. The van der Waals surface area contributed by atoms with Gasteiger partial charge in [0, 0.05) is 24.3 Å².